The smallest absolute Gasteiger partial charge is 0.136 e. The van der Waals surface area contributed by atoms with E-state index in [0.29, 0.717) is 5.75 Å². The standard InChI is InChI=1S/C13H10FN3O/c1-18-10-4-2-3-9(14)12(10)13-8(7-15)5-6-11(16)17-13/h2-6H,1H3,(H2,16,17). The Hall–Kier alpha value is -2.61. The number of benzene rings is 1. The van der Waals surface area contributed by atoms with Crippen molar-refractivity contribution in [2.45, 2.75) is 0 Å². The van der Waals surface area contributed by atoms with Crippen LogP contribution in [0.5, 0.6) is 5.75 Å². The number of hydrogen-bond donors (Lipinski definition) is 1. The van der Waals surface area contributed by atoms with E-state index in [1.165, 1.54) is 31.4 Å². The minimum atomic E-state index is -0.510. The number of nitrogen functional groups attached to an aromatic ring is 1. The van der Waals surface area contributed by atoms with Gasteiger partial charge < -0.3 is 10.5 Å². The normalized spacial score (nSPS) is 9.83. The highest BCUT2D eigenvalue weighted by Gasteiger charge is 2.17. The van der Waals surface area contributed by atoms with Crippen LogP contribution in [-0.2, 0) is 0 Å². The molecule has 2 rings (SSSR count). The second kappa shape index (κ2) is 4.72. The van der Waals surface area contributed by atoms with Crippen LogP contribution in [0.2, 0.25) is 0 Å². The Labute approximate surface area is 103 Å². The van der Waals surface area contributed by atoms with Gasteiger partial charge in [-0.1, -0.05) is 6.07 Å². The largest absolute Gasteiger partial charge is 0.496 e. The number of methoxy groups -OCH3 is 1. The molecule has 0 aliphatic heterocycles. The van der Waals surface area contributed by atoms with Gasteiger partial charge >= 0.3 is 0 Å². The number of hydrogen-bond acceptors (Lipinski definition) is 4. The van der Waals surface area contributed by atoms with Gasteiger partial charge in [0.1, 0.15) is 23.5 Å². The van der Waals surface area contributed by atoms with Gasteiger partial charge in [-0.15, -0.1) is 0 Å². The average Bonchev–Trinajstić information content (AvgIpc) is 2.38. The molecule has 2 aromatic rings. The molecule has 0 saturated heterocycles. The number of nitrogens with zero attached hydrogens (tertiary/aromatic N) is 2. The zero-order valence-electron chi connectivity index (χ0n) is 9.64. The molecule has 0 atom stereocenters. The van der Waals surface area contributed by atoms with E-state index in [-0.39, 0.29) is 22.6 Å². The van der Waals surface area contributed by atoms with Crippen LogP contribution in [0.25, 0.3) is 11.3 Å². The highest BCUT2D eigenvalue weighted by Crippen LogP contribution is 2.33. The van der Waals surface area contributed by atoms with E-state index in [9.17, 15) is 4.39 Å². The minimum absolute atomic E-state index is 0.142. The van der Waals surface area contributed by atoms with E-state index in [4.69, 9.17) is 15.7 Å². The average molecular weight is 243 g/mol. The molecule has 0 bridgehead atoms. The fourth-order valence-corrected chi connectivity index (χ4v) is 1.66. The Morgan fingerprint density at radius 2 is 2.11 bits per heavy atom. The third kappa shape index (κ3) is 1.96. The van der Waals surface area contributed by atoms with Crippen molar-refractivity contribution in [3.63, 3.8) is 0 Å². The lowest BCUT2D eigenvalue weighted by atomic mass is 10.0. The summed E-state index contributed by atoms with van der Waals surface area (Å²) in [6.07, 6.45) is 0. The maximum atomic E-state index is 13.9. The van der Waals surface area contributed by atoms with Crippen LogP contribution >= 0.6 is 0 Å². The molecular weight excluding hydrogens is 233 g/mol. The third-order valence-electron chi connectivity index (χ3n) is 2.47. The van der Waals surface area contributed by atoms with Gasteiger partial charge in [-0.3, -0.25) is 0 Å². The van der Waals surface area contributed by atoms with Crippen molar-refractivity contribution >= 4 is 5.82 Å². The van der Waals surface area contributed by atoms with Gasteiger partial charge in [0.05, 0.1) is 23.9 Å². The van der Waals surface area contributed by atoms with Crippen LogP contribution in [0, 0.1) is 17.1 Å². The number of pyridine rings is 1. The van der Waals surface area contributed by atoms with Crippen LogP contribution in [-0.4, -0.2) is 12.1 Å². The SMILES string of the molecule is COc1cccc(F)c1-c1nc(N)ccc1C#N. The van der Waals surface area contributed by atoms with E-state index in [1.54, 1.807) is 6.07 Å². The van der Waals surface area contributed by atoms with Gasteiger partial charge in [-0.05, 0) is 24.3 Å². The molecule has 0 aliphatic rings. The molecule has 1 aromatic carbocycles. The third-order valence-corrected chi connectivity index (χ3v) is 2.47. The number of nitrogens with two attached hydrogens (primary N) is 1. The summed E-state index contributed by atoms with van der Waals surface area (Å²) in [5, 5.41) is 9.03. The van der Waals surface area contributed by atoms with Gasteiger partial charge in [0.25, 0.3) is 0 Å². The summed E-state index contributed by atoms with van der Waals surface area (Å²) in [5.41, 5.74) is 6.15. The fraction of sp³-hybridized carbons (Fsp3) is 0.0769. The van der Waals surface area contributed by atoms with E-state index < -0.39 is 5.82 Å². The number of rotatable bonds is 2. The van der Waals surface area contributed by atoms with Crippen molar-refractivity contribution in [3.05, 3.63) is 41.7 Å². The first-order valence-electron chi connectivity index (χ1n) is 5.17. The highest BCUT2D eigenvalue weighted by atomic mass is 19.1. The monoisotopic (exact) mass is 243 g/mol. The molecule has 0 amide bonds. The lowest BCUT2D eigenvalue weighted by Gasteiger charge is -2.10. The summed E-state index contributed by atoms with van der Waals surface area (Å²) in [4.78, 5) is 4.02. The van der Waals surface area contributed by atoms with E-state index in [1.807, 2.05) is 6.07 Å². The molecule has 0 saturated carbocycles. The number of anilines is 1. The van der Waals surface area contributed by atoms with Crippen LogP contribution in [0.3, 0.4) is 0 Å². The second-order valence-electron chi connectivity index (χ2n) is 3.56. The van der Waals surface area contributed by atoms with Crippen LogP contribution in [0.15, 0.2) is 30.3 Å². The molecular formula is C13H10FN3O. The first-order chi connectivity index (χ1) is 8.67. The molecule has 0 spiro atoms. The van der Waals surface area contributed by atoms with Gasteiger partial charge in [-0.2, -0.15) is 5.26 Å². The lowest BCUT2D eigenvalue weighted by molar-refractivity contribution is 0.413. The van der Waals surface area contributed by atoms with Crippen LogP contribution in [0.1, 0.15) is 5.56 Å². The zero-order chi connectivity index (χ0) is 13.1. The highest BCUT2D eigenvalue weighted by molar-refractivity contribution is 5.74. The molecule has 18 heavy (non-hydrogen) atoms. The molecule has 1 aromatic heterocycles. The summed E-state index contributed by atoms with van der Waals surface area (Å²) in [7, 11) is 1.43. The molecule has 0 aliphatic carbocycles. The fourth-order valence-electron chi connectivity index (χ4n) is 1.66. The first kappa shape index (κ1) is 11.9. The molecule has 5 heteroatoms. The lowest BCUT2D eigenvalue weighted by Crippen LogP contribution is -1.99. The Kier molecular flexibility index (Phi) is 3.11. The maximum absolute atomic E-state index is 13.9. The van der Waals surface area contributed by atoms with Gasteiger partial charge in [0, 0.05) is 0 Å². The van der Waals surface area contributed by atoms with E-state index >= 15 is 0 Å². The molecule has 2 N–H and O–H groups in total. The summed E-state index contributed by atoms with van der Waals surface area (Å²) in [6, 6.07) is 9.37. The Morgan fingerprint density at radius 3 is 2.78 bits per heavy atom. The van der Waals surface area contributed by atoms with Gasteiger partial charge in [0.2, 0.25) is 0 Å². The van der Waals surface area contributed by atoms with Gasteiger partial charge in [0.15, 0.2) is 0 Å². The quantitative estimate of drug-likeness (QED) is 0.878. The number of ether oxygens (including phenoxy) is 1. The topological polar surface area (TPSA) is 71.9 Å². The van der Waals surface area contributed by atoms with Crippen LogP contribution < -0.4 is 10.5 Å². The first-order valence-corrected chi connectivity index (χ1v) is 5.17. The maximum Gasteiger partial charge on any atom is 0.136 e. The van der Waals surface area contributed by atoms with E-state index in [2.05, 4.69) is 4.98 Å². The van der Waals surface area contributed by atoms with Gasteiger partial charge in [-0.25, -0.2) is 9.37 Å². The summed E-state index contributed by atoms with van der Waals surface area (Å²) < 4.78 is 19.0. The molecule has 0 radical (unpaired) electrons. The van der Waals surface area contributed by atoms with Crippen molar-refractivity contribution < 1.29 is 9.13 Å². The second-order valence-corrected chi connectivity index (χ2v) is 3.56. The van der Waals surface area contributed by atoms with Crippen LogP contribution in [0.4, 0.5) is 10.2 Å². The van der Waals surface area contributed by atoms with Crippen molar-refractivity contribution in [2.24, 2.45) is 0 Å². The summed E-state index contributed by atoms with van der Waals surface area (Å²) in [5.74, 6) is 0.0165. The minimum Gasteiger partial charge on any atom is -0.496 e. The number of nitriles is 1. The van der Waals surface area contributed by atoms with E-state index in [0.717, 1.165) is 0 Å². The van der Waals surface area contributed by atoms with Crippen molar-refractivity contribution in [1.82, 2.24) is 4.98 Å². The number of aromatic nitrogens is 1. The Morgan fingerprint density at radius 1 is 1.33 bits per heavy atom. The predicted molar refractivity (Wildman–Crippen MR) is 65.3 cm³/mol. The zero-order valence-corrected chi connectivity index (χ0v) is 9.64. The summed E-state index contributed by atoms with van der Waals surface area (Å²) >= 11 is 0. The van der Waals surface area contributed by atoms with Crippen molar-refractivity contribution in [3.8, 4) is 23.1 Å². The molecule has 90 valence electrons. The van der Waals surface area contributed by atoms with Crippen molar-refractivity contribution in [2.75, 3.05) is 12.8 Å². The Balaban J connectivity index is 2.77. The van der Waals surface area contributed by atoms with Crippen molar-refractivity contribution in [1.29, 1.82) is 5.26 Å². The molecule has 0 unspecified atom stereocenters. The Bertz CT molecular complexity index is 635. The molecule has 0 fully saturated rings. The predicted octanol–water partition coefficient (Wildman–Crippen LogP) is 2.35. The number of halogens is 1. The summed E-state index contributed by atoms with van der Waals surface area (Å²) in [6.45, 7) is 0. The molecule has 4 nitrogen and oxygen atoms in total. The molecule has 1 heterocycles.